The van der Waals surface area contributed by atoms with Crippen LogP contribution in [0.5, 0.6) is 0 Å². The lowest BCUT2D eigenvalue weighted by atomic mass is 9.93. The molecule has 0 bridgehead atoms. The molecule has 0 aliphatic heterocycles. The van der Waals surface area contributed by atoms with Gasteiger partial charge in [0, 0.05) is 45.1 Å². The van der Waals surface area contributed by atoms with E-state index >= 15 is 0 Å². The second-order valence-electron chi connectivity index (χ2n) is 10.5. The number of aromatic nitrogens is 1. The predicted molar refractivity (Wildman–Crippen MR) is 171 cm³/mol. The van der Waals surface area contributed by atoms with Gasteiger partial charge in [0.25, 0.3) is 0 Å². The van der Waals surface area contributed by atoms with Crippen LogP contribution in [0.1, 0.15) is 5.69 Å². The van der Waals surface area contributed by atoms with Crippen LogP contribution in [-0.2, 0) is 0 Å². The minimum Gasteiger partial charge on any atom is -0.456 e. The fraction of sp³-hybridized carbons (Fsp3) is 0.0263. The first-order valence-electron chi connectivity index (χ1n) is 13.9. The van der Waals surface area contributed by atoms with Gasteiger partial charge in [0.1, 0.15) is 11.2 Å². The Kier molecular flexibility index (Phi) is 5.36. The SMILES string of the molecule is Cc1cc2c(cn1)c(-c1ccc(N(c3ccccc3)c3ccccc3)cc1)cc1cc3oc4ccccc4c3cc12. The van der Waals surface area contributed by atoms with Crippen molar-refractivity contribution in [1.29, 1.82) is 0 Å². The van der Waals surface area contributed by atoms with Crippen LogP contribution in [0, 0.1) is 6.92 Å². The van der Waals surface area contributed by atoms with Crippen LogP contribution >= 0.6 is 0 Å². The number of hydrogen-bond acceptors (Lipinski definition) is 3. The molecule has 0 atom stereocenters. The lowest BCUT2D eigenvalue weighted by Crippen LogP contribution is -2.09. The maximum atomic E-state index is 6.25. The van der Waals surface area contributed by atoms with Crippen molar-refractivity contribution in [2.75, 3.05) is 4.90 Å². The van der Waals surface area contributed by atoms with Crippen molar-refractivity contribution in [3.63, 3.8) is 0 Å². The van der Waals surface area contributed by atoms with Gasteiger partial charge in [-0.1, -0.05) is 66.7 Å². The first kappa shape index (κ1) is 23.5. The number of nitrogens with zero attached hydrogens (tertiary/aromatic N) is 2. The summed E-state index contributed by atoms with van der Waals surface area (Å²) >= 11 is 0. The van der Waals surface area contributed by atoms with E-state index in [9.17, 15) is 0 Å². The quantitative estimate of drug-likeness (QED) is 0.214. The summed E-state index contributed by atoms with van der Waals surface area (Å²) in [6.45, 7) is 2.06. The highest BCUT2D eigenvalue weighted by molar-refractivity contribution is 6.19. The highest BCUT2D eigenvalue weighted by Gasteiger charge is 2.16. The van der Waals surface area contributed by atoms with E-state index in [4.69, 9.17) is 9.40 Å². The largest absolute Gasteiger partial charge is 0.456 e. The molecule has 8 aromatic rings. The molecule has 0 radical (unpaired) electrons. The Balaban J connectivity index is 1.31. The molecule has 2 aromatic heterocycles. The number of para-hydroxylation sites is 3. The summed E-state index contributed by atoms with van der Waals surface area (Å²) < 4.78 is 6.25. The summed E-state index contributed by atoms with van der Waals surface area (Å²) in [5.74, 6) is 0. The monoisotopic (exact) mass is 526 g/mol. The number of benzene rings is 6. The van der Waals surface area contributed by atoms with Crippen molar-refractivity contribution in [3.05, 3.63) is 145 Å². The fourth-order valence-corrected chi connectivity index (χ4v) is 6.00. The lowest BCUT2D eigenvalue weighted by molar-refractivity contribution is 0.669. The zero-order chi connectivity index (χ0) is 27.3. The second-order valence-corrected chi connectivity index (χ2v) is 10.5. The summed E-state index contributed by atoms with van der Waals surface area (Å²) in [7, 11) is 0. The van der Waals surface area contributed by atoms with Gasteiger partial charge in [-0.25, -0.2) is 0 Å². The number of fused-ring (bicyclic) bond motifs is 6. The maximum Gasteiger partial charge on any atom is 0.136 e. The molecule has 0 saturated carbocycles. The Morgan fingerprint density at radius 2 is 1.17 bits per heavy atom. The van der Waals surface area contributed by atoms with Gasteiger partial charge in [0.2, 0.25) is 0 Å². The fourth-order valence-electron chi connectivity index (χ4n) is 6.00. The van der Waals surface area contributed by atoms with E-state index in [-0.39, 0.29) is 0 Å². The van der Waals surface area contributed by atoms with Crippen LogP contribution in [0.4, 0.5) is 17.1 Å². The molecule has 0 saturated heterocycles. The van der Waals surface area contributed by atoms with E-state index in [1.165, 1.54) is 10.8 Å². The lowest BCUT2D eigenvalue weighted by Gasteiger charge is -2.25. The minimum atomic E-state index is 0.909. The molecule has 0 amide bonds. The summed E-state index contributed by atoms with van der Waals surface area (Å²) in [6, 6.07) is 47.0. The average molecular weight is 527 g/mol. The van der Waals surface area contributed by atoms with E-state index in [0.717, 1.165) is 66.6 Å². The van der Waals surface area contributed by atoms with Crippen molar-refractivity contribution >= 4 is 60.5 Å². The van der Waals surface area contributed by atoms with E-state index in [2.05, 4.69) is 133 Å². The van der Waals surface area contributed by atoms with Crippen LogP contribution < -0.4 is 4.90 Å². The van der Waals surface area contributed by atoms with Gasteiger partial charge < -0.3 is 9.32 Å². The number of furan rings is 1. The molecule has 2 heterocycles. The van der Waals surface area contributed by atoms with Gasteiger partial charge in [-0.3, -0.25) is 4.98 Å². The normalized spacial score (nSPS) is 11.5. The first-order valence-corrected chi connectivity index (χ1v) is 13.9. The highest BCUT2D eigenvalue weighted by atomic mass is 16.3. The molecule has 0 aliphatic rings. The Morgan fingerprint density at radius 1 is 0.512 bits per heavy atom. The molecule has 0 N–H and O–H groups in total. The summed E-state index contributed by atoms with van der Waals surface area (Å²) in [5.41, 5.74) is 8.49. The van der Waals surface area contributed by atoms with Crippen LogP contribution in [0.3, 0.4) is 0 Å². The average Bonchev–Trinajstić information content (AvgIpc) is 3.39. The summed E-state index contributed by atoms with van der Waals surface area (Å²) in [5, 5.41) is 7.00. The Bertz CT molecular complexity index is 2160. The molecule has 0 unspecified atom stereocenters. The number of rotatable bonds is 4. The third kappa shape index (κ3) is 3.94. The van der Waals surface area contributed by atoms with E-state index in [0.29, 0.717) is 0 Å². The van der Waals surface area contributed by atoms with Crippen molar-refractivity contribution < 1.29 is 4.42 Å². The molecular weight excluding hydrogens is 500 g/mol. The molecule has 3 nitrogen and oxygen atoms in total. The van der Waals surface area contributed by atoms with Crippen molar-refractivity contribution in [1.82, 2.24) is 4.98 Å². The molecule has 0 spiro atoms. The van der Waals surface area contributed by atoms with Gasteiger partial charge >= 0.3 is 0 Å². The number of hydrogen-bond donors (Lipinski definition) is 0. The third-order valence-corrected chi connectivity index (χ3v) is 7.94. The molecule has 3 heteroatoms. The van der Waals surface area contributed by atoms with E-state index in [1.54, 1.807) is 0 Å². The van der Waals surface area contributed by atoms with Crippen molar-refractivity contribution in [2.45, 2.75) is 6.92 Å². The second kappa shape index (κ2) is 9.35. The summed E-state index contributed by atoms with van der Waals surface area (Å²) in [6.07, 6.45) is 2.02. The van der Waals surface area contributed by atoms with E-state index in [1.807, 2.05) is 18.3 Å². The van der Waals surface area contributed by atoms with Gasteiger partial charge in [0.15, 0.2) is 0 Å². The van der Waals surface area contributed by atoms with Gasteiger partial charge in [0.05, 0.1) is 0 Å². The van der Waals surface area contributed by atoms with Gasteiger partial charge in [-0.05, 0) is 101 Å². The Labute approximate surface area is 237 Å². The predicted octanol–water partition coefficient (Wildman–Crippen LogP) is 10.7. The highest BCUT2D eigenvalue weighted by Crippen LogP contribution is 2.40. The number of anilines is 3. The van der Waals surface area contributed by atoms with Crippen molar-refractivity contribution in [2.24, 2.45) is 0 Å². The van der Waals surface area contributed by atoms with Gasteiger partial charge in [-0.15, -0.1) is 0 Å². The molecule has 0 aliphatic carbocycles. The third-order valence-electron chi connectivity index (χ3n) is 7.94. The Morgan fingerprint density at radius 3 is 1.90 bits per heavy atom. The van der Waals surface area contributed by atoms with Gasteiger partial charge in [-0.2, -0.15) is 0 Å². The molecule has 8 rings (SSSR count). The minimum absolute atomic E-state index is 0.909. The zero-order valence-electron chi connectivity index (χ0n) is 22.6. The molecule has 0 fully saturated rings. The molecule has 194 valence electrons. The van der Waals surface area contributed by atoms with Crippen LogP contribution in [0.15, 0.2) is 144 Å². The standard InChI is InChI=1S/C38H26N2O/c1-25-20-34-33-23-35-31-14-8-9-15-37(31)41-38(35)22-27(33)21-32(36(34)24-39-25)26-16-18-30(19-17-26)40(28-10-4-2-5-11-28)29-12-6-3-7-13-29/h2-24H,1H3. The maximum absolute atomic E-state index is 6.25. The van der Waals surface area contributed by atoms with E-state index < -0.39 is 0 Å². The van der Waals surface area contributed by atoms with Crippen LogP contribution in [0.25, 0.3) is 54.6 Å². The van der Waals surface area contributed by atoms with Crippen molar-refractivity contribution in [3.8, 4) is 11.1 Å². The molecule has 6 aromatic carbocycles. The topological polar surface area (TPSA) is 29.3 Å². The zero-order valence-corrected chi connectivity index (χ0v) is 22.6. The summed E-state index contributed by atoms with van der Waals surface area (Å²) in [4.78, 5) is 6.98. The number of aryl methyl sites for hydroxylation is 1. The van der Waals surface area contributed by atoms with Crippen LogP contribution in [0.2, 0.25) is 0 Å². The number of pyridine rings is 1. The smallest absolute Gasteiger partial charge is 0.136 e. The molecule has 41 heavy (non-hydrogen) atoms. The van der Waals surface area contributed by atoms with Crippen LogP contribution in [-0.4, -0.2) is 4.98 Å². The molecular formula is C38H26N2O. The first-order chi connectivity index (χ1) is 20.2. The Hall–Kier alpha value is -5.41.